The molecule has 0 atom stereocenters. The van der Waals surface area contributed by atoms with Crippen LogP contribution in [-0.2, 0) is 11.4 Å². The summed E-state index contributed by atoms with van der Waals surface area (Å²) in [6.07, 6.45) is 3.00. The molecular weight excluding hydrogens is 356 g/mol. The van der Waals surface area contributed by atoms with Crippen LogP contribution in [0.15, 0.2) is 30.3 Å². The number of benzene rings is 2. The third kappa shape index (κ3) is 5.61. The third-order valence-corrected chi connectivity index (χ3v) is 4.62. The molecule has 1 saturated carbocycles. The Morgan fingerprint density at radius 2 is 1.82 bits per heavy atom. The molecule has 0 unspecified atom stereocenters. The lowest BCUT2D eigenvalue weighted by Crippen LogP contribution is -2.27. The van der Waals surface area contributed by atoms with Gasteiger partial charge in [-0.2, -0.15) is 0 Å². The van der Waals surface area contributed by atoms with Crippen molar-refractivity contribution in [3.8, 4) is 11.5 Å². The van der Waals surface area contributed by atoms with E-state index in [1.165, 1.54) is 25.5 Å². The Balaban J connectivity index is 0.000000500. The summed E-state index contributed by atoms with van der Waals surface area (Å²) in [5.41, 5.74) is 5.25. The van der Waals surface area contributed by atoms with Gasteiger partial charge >= 0.3 is 0 Å². The highest BCUT2D eigenvalue weighted by molar-refractivity contribution is 5.57. The van der Waals surface area contributed by atoms with Crippen LogP contribution < -0.4 is 21.4 Å². The van der Waals surface area contributed by atoms with Gasteiger partial charge in [0.2, 0.25) is 6.41 Å². The number of ether oxygens (including phenoxy) is 1. The quantitative estimate of drug-likeness (QED) is 0.305. The van der Waals surface area contributed by atoms with Crippen molar-refractivity contribution in [2.24, 2.45) is 11.7 Å². The van der Waals surface area contributed by atoms with Gasteiger partial charge < -0.3 is 14.9 Å². The minimum Gasteiger partial charge on any atom is -0.508 e. The van der Waals surface area contributed by atoms with E-state index in [2.05, 4.69) is 12.1 Å². The Labute approximate surface area is 166 Å². The van der Waals surface area contributed by atoms with Crippen LogP contribution in [0, 0.1) is 13.8 Å². The highest BCUT2D eigenvalue weighted by Crippen LogP contribution is 2.43. The van der Waals surface area contributed by atoms with Crippen LogP contribution in [0.2, 0.25) is 0 Å². The molecule has 0 saturated heterocycles. The van der Waals surface area contributed by atoms with E-state index in [-0.39, 0.29) is 0 Å². The molecule has 2 aromatic rings. The number of hydrazine groups is 2. The molecule has 1 aliphatic carbocycles. The van der Waals surface area contributed by atoms with Crippen molar-refractivity contribution in [1.29, 1.82) is 0 Å². The van der Waals surface area contributed by atoms with Crippen molar-refractivity contribution in [1.82, 2.24) is 5.01 Å². The molecule has 152 valence electrons. The fraction of sp³-hybridized carbons (Fsp3) is 0.381. The number of amides is 1. The largest absolute Gasteiger partial charge is 0.508 e. The number of carbonyl (C=O) groups excluding carboxylic acids is 1. The van der Waals surface area contributed by atoms with E-state index in [9.17, 15) is 9.90 Å². The summed E-state index contributed by atoms with van der Waals surface area (Å²) in [6, 6.07) is 9.90. The molecule has 0 radical (unpaired) electrons. The van der Waals surface area contributed by atoms with Crippen LogP contribution in [0.4, 0.5) is 5.69 Å². The van der Waals surface area contributed by atoms with Crippen molar-refractivity contribution in [3.05, 3.63) is 52.6 Å². The number of carbonyl (C=O) groups is 1. The van der Waals surface area contributed by atoms with Crippen molar-refractivity contribution in [2.45, 2.75) is 39.2 Å². The number of hydrogen-bond donors (Lipinski definition) is 3. The molecule has 3 rings (SSSR count). The van der Waals surface area contributed by atoms with Crippen molar-refractivity contribution in [3.63, 3.8) is 0 Å². The summed E-state index contributed by atoms with van der Waals surface area (Å²) >= 11 is 0. The smallest absolute Gasteiger partial charge is 0.223 e. The van der Waals surface area contributed by atoms with Crippen LogP contribution in [0.1, 0.15) is 41.0 Å². The first kappa shape index (κ1) is 21.5. The number of nitrogens with zero attached hydrogens (tertiary/aromatic N) is 2. The first-order valence-corrected chi connectivity index (χ1v) is 9.20. The number of anilines is 1. The average Bonchev–Trinajstić information content (AvgIpc) is 3.48. The summed E-state index contributed by atoms with van der Waals surface area (Å²) < 4.78 is 6.07. The van der Waals surface area contributed by atoms with Crippen molar-refractivity contribution in [2.75, 3.05) is 19.1 Å². The SMILES string of the molecule is CN(N)C=O.Cc1cc(OCc2c(C3CC3)cccc2N(C)N)c(C)cc1O. The highest BCUT2D eigenvalue weighted by atomic mass is 16.5. The van der Waals surface area contributed by atoms with Crippen molar-refractivity contribution >= 4 is 12.1 Å². The molecule has 28 heavy (non-hydrogen) atoms. The lowest BCUT2D eigenvalue weighted by atomic mass is 10.0. The Morgan fingerprint density at radius 3 is 2.36 bits per heavy atom. The summed E-state index contributed by atoms with van der Waals surface area (Å²) in [4.78, 5) is 9.31. The topological polar surface area (TPSA) is 105 Å². The second-order valence-electron chi connectivity index (χ2n) is 7.19. The van der Waals surface area contributed by atoms with Crippen LogP contribution in [0.25, 0.3) is 0 Å². The van der Waals surface area contributed by atoms with Crippen LogP contribution >= 0.6 is 0 Å². The predicted octanol–water partition coefficient (Wildman–Crippen LogP) is 2.72. The van der Waals surface area contributed by atoms with Gasteiger partial charge in [0.25, 0.3) is 0 Å². The molecule has 1 aliphatic rings. The summed E-state index contributed by atoms with van der Waals surface area (Å²) in [6.45, 7) is 4.30. The zero-order valence-corrected chi connectivity index (χ0v) is 17.0. The maximum Gasteiger partial charge on any atom is 0.223 e. The first-order valence-electron chi connectivity index (χ1n) is 9.20. The molecule has 1 fully saturated rings. The van der Waals surface area contributed by atoms with Gasteiger partial charge in [0.05, 0.1) is 5.69 Å². The van der Waals surface area contributed by atoms with Crippen molar-refractivity contribution < 1.29 is 14.6 Å². The van der Waals surface area contributed by atoms with Gasteiger partial charge in [-0.1, -0.05) is 12.1 Å². The van der Waals surface area contributed by atoms with E-state index in [1.807, 2.05) is 33.0 Å². The monoisotopic (exact) mass is 386 g/mol. The first-order chi connectivity index (χ1) is 13.2. The summed E-state index contributed by atoms with van der Waals surface area (Å²) in [5.74, 6) is 12.5. The zero-order valence-electron chi connectivity index (χ0n) is 17.0. The number of phenols is 1. The van der Waals surface area contributed by atoms with E-state index >= 15 is 0 Å². The zero-order chi connectivity index (χ0) is 20.8. The molecule has 5 N–H and O–H groups in total. The summed E-state index contributed by atoms with van der Waals surface area (Å²) in [7, 11) is 3.32. The molecule has 2 aromatic carbocycles. The minimum absolute atomic E-state index is 0.301. The fourth-order valence-corrected chi connectivity index (χ4v) is 2.94. The Bertz CT molecular complexity index is 797. The Hall–Kier alpha value is -2.77. The number of rotatable bonds is 6. The van der Waals surface area contributed by atoms with Crippen LogP contribution in [-0.4, -0.2) is 30.6 Å². The standard InChI is InChI=1S/C19H24N2O2.C2H6N2O/c1-12-10-19(13(2)9-18(12)22)23-11-16-15(14-7-8-14)5-4-6-17(16)21(3)20;1-4(3)2-5/h4-6,9-10,14,22H,7-8,11,20H2,1-3H3;2H,3H2,1H3. The van der Waals surface area contributed by atoms with E-state index in [0.717, 1.165) is 33.1 Å². The van der Waals surface area contributed by atoms with Gasteiger partial charge in [-0.05, 0) is 67.5 Å². The number of aryl methyl sites for hydroxylation is 2. The normalized spacial score (nSPS) is 12.6. The van der Waals surface area contributed by atoms with Gasteiger partial charge in [-0.3, -0.25) is 9.80 Å². The highest BCUT2D eigenvalue weighted by Gasteiger charge is 2.27. The molecule has 7 nitrogen and oxygen atoms in total. The molecule has 1 amide bonds. The van der Waals surface area contributed by atoms with E-state index in [4.69, 9.17) is 16.4 Å². The molecule has 0 heterocycles. The van der Waals surface area contributed by atoms with E-state index in [0.29, 0.717) is 24.7 Å². The molecule has 0 aromatic heterocycles. The van der Waals surface area contributed by atoms with Crippen LogP contribution in [0.5, 0.6) is 11.5 Å². The fourth-order valence-electron chi connectivity index (χ4n) is 2.94. The molecule has 7 heteroatoms. The number of hydrogen-bond acceptors (Lipinski definition) is 6. The van der Waals surface area contributed by atoms with E-state index in [1.54, 1.807) is 11.1 Å². The van der Waals surface area contributed by atoms with Crippen LogP contribution in [0.3, 0.4) is 0 Å². The minimum atomic E-state index is 0.301. The second-order valence-corrected chi connectivity index (χ2v) is 7.19. The summed E-state index contributed by atoms with van der Waals surface area (Å²) in [5, 5.41) is 12.4. The number of nitrogens with two attached hydrogens (primary N) is 2. The number of phenolic OH excluding ortho intramolecular Hbond substituents is 1. The molecule has 0 bridgehead atoms. The van der Waals surface area contributed by atoms with Gasteiger partial charge in [0, 0.05) is 19.7 Å². The Morgan fingerprint density at radius 1 is 1.18 bits per heavy atom. The molecule has 0 aliphatic heterocycles. The predicted molar refractivity (Wildman–Crippen MR) is 111 cm³/mol. The maximum atomic E-state index is 9.77. The van der Waals surface area contributed by atoms with Gasteiger partial charge in [-0.25, -0.2) is 11.7 Å². The molecule has 0 spiro atoms. The third-order valence-electron chi connectivity index (χ3n) is 4.62. The lowest BCUT2D eigenvalue weighted by molar-refractivity contribution is -0.117. The maximum absolute atomic E-state index is 9.77. The second kappa shape index (κ2) is 9.43. The average molecular weight is 386 g/mol. The molecular formula is C21H30N4O3. The van der Waals surface area contributed by atoms with Gasteiger partial charge in [-0.15, -0.1) is 0 Å². The van der Waals surface area contributed by atoms with Gasteiger partial charge in [0.1, 0.15) is 18.1 Å². The number of aromatic hydroxyl groups is 1. The van der Waals surface area contributed by atoms with E-state index < -0.39 is 0 Å². The lowest BCUT2D eigenvalue weighted by Gasteiger charge is -2.21. The Kier molecular flexibility index (Phi) is 7.25. The van der Waals surface area contributed by atoms with Gasteiger partial charge in [0.15, 0.2) is 0 Å².